The van der Waals surface area contributed by atoms with Crippen LogP contribution in [0.3, 0.4) is 0 Å². The Kier molecular flexibility index (Phi) is 3.94. The first-order valence-electron chi connectivity index (χ1n) is 8.96. The first-order chi connectivity index (χ1) is 11.3. The Morgan fingerprint density at radius 1 is 1.35 bits per heavy atom. The standard InChI is InChI=1S/C20H27NO2/c1-3-12-23-16-8-7-15-13-19-17-6-4-5-9-20(17,18(15)14-16)10-11-21(19)22-2/h3,7-8,14,17,19H,1,4-6,9-13H2,2H3/t17-,19+,20+/m0/s1. The Labute approximate surface area is 139 Å². The van der Waals surface area contributed by atoms with Gasteiger partial charge in [0.05, 0.1) is 7.11 Å². The summed E-state index contributed by atoms with van der Waals surface area (Å²) in [6, 6.07) is 7.28. The van der Waals surface area contributed by atoms with Gasteiger partial charge in [-0.05, 0) is 54.9 Å². The van der Waals surface area contributed by atoms with Crippen LogP contribution in [0, 0.1) is 5.92 Å². The first-order valence-corrected chi connectivity index (χ1v) is 8.96. The van der Waals surface area contributed by atoms with E-state index in [2.05, 4.69) is 29.8 Å². The molecule has 2 aliphatic carbocycles. The molecular weight excluding hydrogens is 286 g/mol. The van der Waals surface area contributed by atoms with Gasteiger partial charge < -0.3 is 9.57 Å². The number of fused-ring (bicyclic) bond motifs is 1. The summed E-state index contributed by atoms with van der Waals surface area (Å²) in [6.07, 6.45) is 9.51. The SMILES string of the molecule is C=CCOc1ccc2c(c1)[C@@]13CCCC[C@H]1[C@@H](C2)N(OC)CC3. The topological polar surface area (TPSA) is 21.7 Å². The van der Waals surface area contributed by atoms with Crippen LogP contribution in [0.15, 0.2) is 30.9 Å². The van der Waals surface area contributed by atoms with Crippen LogP contribution in [0.4, 0.5) is 0 Å². The summed E-state index contributed by atoms with van der Waals surface area (Å²) in [7, 11) is 1.83. The predicted octanol–water partition coefficient (Wildman–Crippen LogP) is 3.87. The van der Waals surface area contributed by atoms with Crippen molar-refractivity contribution < 1.29 is 9.57 Å². The molecule has 1 aromatic rings. The van der Waals surface area contributed by atoms with Crippen LogP contribution in [0.25, 0.3) is 0 Å². The molecule has 23 heavy (non-hydrogen) atoms. The number of ether oxygens (including phenoxy) is 1. The summed E-state index contributed by atoms with van der Waals surface area (Å²) in [4.78, 5) is 5.71. The smallest absolute Gasteiger partial charge is 0.120 e. The van der Waals surface area contributed by atoms with Gasteiger partial charge in [0.25, 0.3) is 0 Å². The zero-order valence-corrected chi connectivity index (χ0v) is 14.1. The summed E-state index contributed by atoms with van der Waals surface area (Å²) >= 11 is 0. The van der Waals surface area contributed by atoms with Crippen molar-refractivity contribution >= 4 is 0 Å². The van der Waals surface area contributed by atoms with E-state index in [1.165, 1.54) is 37.7 Å². The third-order valence-corrected chi connectivity index (χ3v) is 6.36. The lowest BCUT2D eigenvalue weighted by Gasteiger charge is -2.58. The van der Waals surface area contributed by atoms with E-state index in [0.29, 0.717) is 18.1 Å². The van der Waals surface area contributed by atoms with E-state index in [1.807, 2.05) is 13.2 Å². The van der Waals surface area contributed by atoms with E-state index in [4.69, 9.17) is 9.57 Å². The minimum absolute atomic E-state index is 0.346. The van der Waals surface area contributed by atoms with Crippen molar-refractivity contribution in [3.63, 3.8) is 0 Å². The molecule has 2 bridgehead atoms. The second-order valence-electron chi connectivity index (χ2n) is 7.27. The van der Waals surface area contributed by atoms with Crippen molar-refractivity contribution in [2.45, 2.75) is 50.0 Å². The van der Waals surface area contributed by atoms with Crippen molar-refractivity contribution in [3.05, 3.63) is 42.0 Å². The Morgan fingerprint density at radius 3 is 3.09 bits per heavy atom. The van der Waals surface area contributed by atoms with E-state index in [0.717, 1.165) is 24.6 Å². The summed E-state index contributed by atoms with van der Waals surface area (Å²) < 4.78 is 5.82. The van der Waals surface area contributed by atoms with Gasteiger partial charge in [-0.1, -0.05) is 31.6 Å². The first kappa shape index (κ1) is 15.2. The molecule has 3 atom stereocenters. The Bertz CT molecular complexity index is 599. The molecular formula is C20H27NO2. The highest BCUT2D eigenvalue weighted by atomic mass is 16.7. The van der Waals surface area contributed by atoms with Gasteiger partial charge in [0, 0.05) is 18.0 Å². The molecule has 3 aliphatic rings. The molecule has 0 spiro atoms. The second-order valence-corrected chi connectivity index (χ2v) is 7.27. The summed E-state index contributed by atoms with van der Waals surface area (Å²) in [5.74, 6) is 1.72. The molecule has 0 aromatic heterocycles. The minimum Gasteiger partial charge on any atom is -0.490 e. The highest BCUT2D eigenvalue weighted by molar-refractivity contribution is 5.45. The molecule has 1 saturated heterocycles. The predicted molar refractivity (Wildman–Crippen MR) is 91.6 cm³/mol. The Morgan fingerprint density at radius 2 is 2.26 bits per heavy atom. The van der Waals surface area contributed by atoms with Crippen LogP contribution < -0.4 is 4.74 Å². The summed E-state index contributed by atoms with van der Waals surface area (Å²) in [5.41, 5.74) is 3.41. The molecule has 0 unspecified atom stereocenters. The molecule has 124 valence electrons. The van der Waals surface area contributed by atoms with Crippen LogP contribution in [0.1, 0.15) is 43.2 Å². The maximum absolute atomic E-state index is 5.82. The number of rotatable bonds is 4. The van der Waals surface area contributed by atoms with E-state index < -0.39 is 0 Å². The van der Waals surface area contributed by atoms with Crippen molar-refractivity contribution in [2.75, 3.05) is 20.3 Å². The lowest BCUT2D eigenvalue weighted by Crippen LogP contribution is -2.60. The molecule has 1 aliphatic heterocycles. The zero-order valence-electron chi connectivity index (χ0n) is 14.1. The van der Waals surface area contributed by atoms with Crippen LogP contribution in [0.2, 0.25) is 0 Å². The van der Waals surface area contributed by atoms with Gasteiger partial charge in [0.2, 0.25) is 0 Å². The van der Waals surface area contributed by atoms with Crippen molar-refractivity contribution in [3.8, 4) is 5.75 Å². The van der Waals surface area contributed by atoms with Crippen LogP contribution >= 0.6 is 0 Å². The van der Waals surface area contributed by atoms with E-state index in [1.54, 1.807) is 5.56 Å². The van der Waals surface area contributed by atoms with Gasteiger partial charge in [-0.3, -0.25) is 0 Å². The molecule has 3 heteroatoms. The molecule has 1 heterocycles. The van der Waals surface area contributed by atoms with E-state index >= 15 is 0 Å². The maximum atomic E-state index is 5.82. The molecule has 0 N–H and O–H groups in total. The minimum atomic E-state index is 0.346. The highest BCUT2D eigenvalue weighted by Gasteiger charge is 2.54. The fourth-order valence-electron chi connectivity index (χ4n) is 5.42. The largest absolute Gasteiger partial charge is 0.490 e. The number of nitrogens with zero attached hydrogens (tertiary/aromatic N) is 1. The third kappa shape index (κ3) is 2.33. The highest BCUT2D eigenvalue weighted by Crippen LogP contribution is 2.56. The Balaban J connectivity index is 1.77. The average molecular weight is 313 g/mol. The number of hydroxylamine groups is 2. The fraction of sp³-hybridized carbons (Fsp3) is 0.600. The lowest BCUT2D eigenvalue weighted by atomic mass is 9.52. The van der Waals surface area contributed by atoms with Crippen molar-refractivity contribution in [1.29, 1.82) is 0 Å². The van der Waals surface area contributed by atoms with Crippen LogP contribution in [-0.4, -0.2) is 31.4 Å². The van der Waals surface area contributed by atoms with E-state index in [-0.39, 0.29) is 0 Å². The summed E-state index contributed by atoms with van der Waals surface area (Å²) in [6.45, 7) is 5.38. The number of hydrogen-bond donors (Lipinski definition) is 0. The molecule has 0 amide bonds. The van der Waals surface area contributed by atoms with Gasteiger partial charge >= 0.3 is 0 Å². The van der Waals surface area contributed by atoms with Crippen molar-refractivity contribution in [1.82, 2.24) is 5.06 Å². The molecule has 0 radical (unpaired) electrons. The zero-order chi connectivity index (χ0) is 15.9. The molecule has 1 saturated carbocycles. The number of benzene rings is 1. The molecule has 2 fully saturated rings. The normalized spacial score (nSPS) is 32.7. The number of piperidine rings is 1. The monoisotopic (exact) mass is 313 g/mol. The van der Waals surface area contributed by atoms with Crippen LogP contribution in [-0.2, 0) is 16.7 Å². The Hall–Kier alpha value is -1.32. The molecule has 1 aromatic carbocycles. The van der Waals surface area contributed by atoms with Gasteiger partial charge in [-0.15, -0.1) is 0 Å². The number of hydrogen-bond acceptors (Lipinski definition) is 3. The molecule has 4 rings (SSSR count). The van der Waals surface area contributed by atoms with E-state index in [9.17, 15) is 0 Å². The van der Waals surface area contributed by atoms with Crippen molar-refractivity contribution in [2.24, 2.45) is 5.92 Å². The van der Waals surface area contributed by atoms with Gasteiger partial charge in [-0.25, -0.2) is 0 Å². The summed E-state index contributed by atoms with van der Waals surface area (Å²) in [5, 5.41) is 2.25. The van der Waals surface area contributed by atoms with Gasteiger partial charge in [0.15, 0.2) is 0 Å². The van der Waals surface area contributed by atoms with Gasteiger partial charge in [-0.2, -0.15) is 5.06 Å². The average Bonchev–Trinajstić information content (AvgIpc) is 2.60. The second kappa shape index (κ2) is 5.95. The quantitative estimate of drug-likeness (QED) is 0.788. The fourth-order valence-corrected chi connectivity index (χ4v) is 5.42. The van der Waals surface area contributed by atoms with Gasteiger partial charge in [0.1, 0.15) is 12.4 Å². The molecule has 3 nitrogen and oxygen atoms in total. The third-order valence-electron chi connectivity index (χ3n) is 6.36. The van der Waals surface area contributed by atoms with Crippen LogP contribution in [0.5, 0.6) is 5.75 Å². The lowest BCUT2D eigenvalue weighted by molar-refractivity contribution is -0.211. The maximum Gasteiger partial charge on any atom is 0.120 e.